The third kappa shape index (κ3) is 4.75. The number of aryl methyl sites for hydroxylation is 1. The second-order valence-corrected chi connectivity index (χ2v) is 7.52. The molecule has 0 spiro atoms. The summed E-state index contributed by atoms with van der Waals surface area (Å²) >= 11 is 0. The Labute approximate surface area is 157 Å². The summed E-state index contributed by atoms with van der Waals surface area (Å²) in [5.74, 6) is 0.493. The van der Waals surface area contributed by atoms with Gasteiger partial charge in [-0.05, 0) is 39.3 Å². The summed E-state index contributed by atoms with van der Waals surface area (Å²) in [7, 11) is 0. The van der Waals surface area contributed by atoms with Crippen LogP contribution in [0.1, 0.15) is 43.9 Å². The number of aromatic amines is 2. The van der Waals surface area contributed by atoms with Crippen LogP contribution in [-0.2, 0) is 11.2 Å². The number of amides is 1. The van der Waals surface area contributed by atoms with E-state index in [4.69, 9.17) is 4.74 Å². The highest BCUT2D eigenvalue weighted by molar-refractivity contribution is 5.83. The molecule has 0 bridgehead atoms. The molecule has 27 heavy (non-hydrogen) atoms. The van der Waals surface area contributed by atoms with Crippen molar-refractivity contribution < 1.29 is 9.53 Å². The first-order valence-electron chi connectivity index (χ1n) is 8.83. The molecule has 0 saturated carbocycles. The monoisotopic (exact) mass is 368 g/mol. The third-order valence-electron chi connectivity index (χ3n) is 4.03. The molecular weight excluding hydrogens is 344 g/mol. The number of nitrogens with zero attached hydrogens (tertiary/aromatic N) is 1. The van der Waals surface area contributed by atoms with Gasteiger partial charge in [0.2, 0.25) is 0 Å². The highest BCUT2D eigenvalue weighted by Crippen LogP contribution is 2.24. The zero-order valence-corrected chi connectivity index (χ0v) is 15.9. The van der Waals surface area contributed by atoms with Gasteiger partial charge in [0.05, 0.1) is 11.7 Å². The fraction of sp³-hybridized carbons (Fsp3) is 0.350. The van der Waals surface area contributed by atoms with Gasteiger partial charge in [-0.2, -0.15) is 0 Å². The largest absolute Gasteiger partial charge is 0.444 e. The average molecular weight is 368 g/mol. The quantitative estimate of drug-likeness (QED) is 0.657. The van der Waals surface area contributed by atoms with Crippen molar-refractivity contribution in [1.82, 2.24) is 20.3 Å². The van der Waals surface area contributed by atoms with Gasteiger partial charge in [-0.25, -0.2) is 9.78 Å². The molecule has 0 aliphatic rings. The lowest BCUT2D eigenvalue weighted by Gasteiger charge is -2.23. The minimum Gasteiger partial charge on any atom is -0.444 e. The van der Waals surface area contributed by atoms with E-state index >= 15 is 0 Å². The van der Waals surface area contributed by atoms with E-state index in [-0.39, 0.29) is 5.56 Å². The lowest BCUT2D eigenvalue weighted by atomic mass is 10.0. The number of carbonyl (C=O) groups is 1. The van der Waals surface area contributed by atoms with E-state index in [1.54, 1.807) is 27.7 Å². The summed E-state index contributed by atoms with van der Waals surface area (Å²) in [4.78, 5) is 34.5. The van der Waals surface area contributed by atoms with Gasteiger partial charge in [0.15, 0.2) is 0 Å². The smallest absolute Gasteiger partial charge is 0.408 e. The first-order valence-corrected chi connectivity index (χ1v) is 8.83. The summed E-state index contributed by atoms with van der Waals surface area (Å²) < 4.78 is 5.39. The van der Waals surface area contributed by atoms with Crippen molar-refractivity contribution in [2.24, 2.45) is 0 Å². The highest BCUT2D eigenvalue weighted by atomic mass is 16.6. The van der Waals surface area contributed by atoms with Crippen molar-refractivity contribution in [3.8, 4) is 0 Å². The molecule has 3 aromatic rings. The molecule has 1 amide bonds. The Morgan fingerprint density at radius 2 is 2.04 bits per heavy atom. The van der Waals surface area contributed by atoms with E-state index in [9.17, 15) is 9.59 Å². The topological polar surface area (TPSA) is 99.9 Å². The number of alkyl carbamates (subject to hydrolysis) is 1. The van der Waals surface area contributed by atoms with Crippen molar-refractivity contribution in [3.63, 3.8) is 0 Å². The van der Waals surface area contributed by atoms with Crippen molar-refractivity contribution in [1.29, 1.82) is 0 Å². The minimum absolute atomic E-state index is 0.257. The molecule has 7 nitrogen and oxygen atoms in total. The maximum absolute atomic E-state index is 12.3. The normalized spacial score (nSPS) is 12.7. The number of carbonyl (C=O) groups excluding carboxylic acids is 1. The van der Waals surface area contributed by atoms with E-state index in [1.165, 1.54) is 6.07 Å². The number of hydrogen-bond acceptors (Lipinski definition) is 4. The number of fused-ring (bicyclic) bond motifs is 1. The van der Waals surface area contributed by atoms with Crippen LogP contribution in [0.5, 0.6) is 0 Å². The van der Waals surface area contributed by atoms with Gasteiger partial charge in [0, 0.05) is 29.6 Å². The number of hydrogen-bond donors (Lipinski definition) is 3. The molecule has 0 aliphatic carbocycles. The van der Waals surface area contributed by atoms with E-state index in [0.717, 1.165) is 16.5 Å². The molecule has 7 heteroatoms. The van der Waals surface area contributed by atoms with Crippen molar-refractivity contribution in [3.05, 3.63) is 64.0 Å². The fourth-order valence-electron chi connectivity index (χ4n) is 2.98. The number of H-pyrrole nitrogens is 2. The Hall–Kier alpha value is -3.09. The van der Waals surface area contributed by atoms with E-state index < -0.39 is 17.7 Å². The molecule has 1 atom stereocenters. The summed E-state index contributed by atoms with van der Waals surface area (Å²) in [6, 6.07) is 8.84. The Morgan fingerprint density at radius 1 is 1.30 bits per heavy atom. The predicted octanol–water partition coefficient (Wildman–Crippen LogP) is 3.37. The van der Waals surface area contributed by atoms with Crippen LogP contribution >= 0.6 is 0 Å². The van der Waals surface area contributed by atoms with Crippen molar-refractivity contribution in [2.45, 2.75) is 45.8 Å². The molecule has 0 radical (unpaired) electrons. The number of para-hydroxylation sites is 1. The molecule has 0 saturated heterocycles. The Kier molecular flexibility index (Phi) is 5.03. The van der Waals surface area contributed by atoms with Crippen LogP contribution in [0.3, 0.4) is 0 Å². The van der Waals surface area contributed by atoms with Crippen LogP contribution < -0.4 is 10.9 Å². The van der Waals surface area contributed by atoms with E-state index in [1.807, 2.05) is 30.5 Å². The van der Waals surface area contributed by atoms with Gasteiger partial charge in [-0.1, -0.05) is 18.2 Å². The number of ether oxygens (including phenoxy) is 1. The highest BCUT2D eigenvalue weighted by Gasteiger charge is 2.23. The third-order valence-corrected chi connectivity index (χ3v) is 4.03. The lowest BCUT2D eigenvalue weighted by molar-refractivity contribution is 0.0502. The predicted molar refractivity (Wildman–Crippen MR) is 104 cm³/mol. The number of aromatic nitrogens is 3. The lowest BCUT2D eigenvalue weighted by Crippen LogP contribution is -2.36. The zero-order chi connectivity index (χ0) is 19.6. The molecule has 142 valence electrons. The van der Waals surface area contributed by atoms with E-state index in [2.05, 4.69) is 20.3 Å². The van der Waals surface area contributed by atoms with Gasteiger partial charge >= 0.3 is 6.09 Å². The van der Waals surface area contributed by atoms with Crippen LogP contribution in [0, 0.1) is 6.92 Å². The fourth-order valence-corrected chi connectivity index (χ4v) is 2.98. The van der Waals surface area contributed by atoms with Crippen LogP contribution in [0.15, 0.2) is 41.3 Å². The maximum atomic E-state index is 12.3. The average Bonchev–Trinajstić information content (AvgIpc) is 2.95. The van der Waals surface area contributed by atoms with Gasteiger partial charge in [-0.3, -0.25) is 4.79 Å². The second kappa shape index (κ2) is 7.26. The number of rotatable bonds is 4. The van der Waals surface area contributed by atoms with Gasteiger partial charge < -0.3 is 20.0 Å². The van der Waals surface area contributed by atoms with Gasteiger partial charge in [-0.15, -0.1) is 0 Å². The summed E-state index contributed by atoms with van der Waals surface area (Å²) in [6.07, 6.45) is 1.83. The van der Waals surface area contributed by atoms with Crippen LogP contribution in [0.4, 0.5) is 4.79 Å². The van der Waals surface area contributed by atoms with Crippen LogP contribution in [0.25, 0.3) is 10.9 Å². The van der Waals surface area contributed by atoms with Crippen LogP contribution in [0.2, 0.25) is 0 Å². The molecule has 2 aromatic heterocycles. The summed E-state index contributed by atoms with van der Waals surface area (Å²) in [5, 5.41) is 3.92. The van der Waals surface area contributed by atoms with Crippen molar-refractivity contribution in [2.75, 3.05) is 0 Å². The SMILES string of the molecule is Cc1nc(C(Cc2c[nH]c3ccccc23)NC(=O)OC(C)(C)C)cc(=O)[nH]1. The molecule has 3 N–H and O–H groups in total. The first-order chi connectivity index (χ1) is 12.7. The Bertz CT molecular complexity index is 1010. The van der Waals surface area contributed by atoms with Crippen molar-refractivity contribution >= 4 is 17.0 Å². The zero-order valence-electron chi connectivity index (χ0n) is 15.9. The second-order valence-electron chi connectivity index (χ2n) is 7.52. The first kappa shape index (κ1) is 18.7. The van der Waals surface area contributed by atoms with Crippen LogP contribution in [-0.4, -0.2) is 26.6 Å². The maximum Gasteiger partial charge on any atom is 0.408 e. The molecule has 1 unspecified atom stereocenters. The molecule has 1 aromatic carbocycles. The standard InChI is InChI=1S/C20H24N4O3/c1-12-22-17(10-18(25)23-12)16(24-19(26)27-20(2,3)4)9-13-11-21-15-8-6-5-7-14(13)15/h5-8,10-11,16,21H,9H2,1-4H3,(H,24,26)(H,22,23,25). The Balaban J connectivity index is 1.94. The minimum atomic E-state index is -0.618. The van der Waals surface area contributed by atoms with Gasteiger partial charge in [0.1, 0.15) is 11.4 Å². The molecule has 0 fully saturated rings. The number of nitrogens with one attached hydrogen (secondary N) is 3. The number of benzene rings is 1. The Morgan fingerprint density at radius 3 is 2.74 bits per heavy atom. The molecule has 3 rings (SSSR count). The summed E-state index contributed by atoms with van der Waals surface area (Å²) in [6.45, 7) is 7.12. The molecular formula is C20H24N4O3. The molecule has 2 heterocycles. The van der Waals surface area contributed by atoms with E-state index in [0.29, 0.717) is 17.9 Å². The van der Waals surface area contributed by atoms with Gasteiger partial charge in [0.25, 0.3) is 5.56 Å². The summed E-state index contributed by atoms with van der Waals surface area (Å²) in [5.41, 5.74) is 1.65. The molecule has 0 aliphatic heterocycles.